The Morgan fingerprint density at radius 1 is 0.667 bits per heavy atom. The van der Waals surface area contributed by atoms with Gasteiger partial charge >= 0.3 is 0 Å². The van der Waals surface area contributed by atoms with E-state index in [2.05, 4.69) is 13.2 Å². The summed E-state index contributed by atoms with van der Waals surface area (Å²) in [5.41, 5.74) is 6.20. The number of rotatable bonds is 0. The van der Waals surface area contributed by atoms with Gasteiger partial charge in [0, 0.05) is 0 Å². The molecule has 0 heterocycles. The van der Waals surface area contributed by atoms with Crippen LogP contribution in [0.4, 0.5) is 0 Å². The first-order valence-corrected chi connectivity index (χ1v) is 4.79. The lowest BCUT2D eigenvalue weighted by molar-refractivity contribution is 0.693. The predicted molar refractivity (Wildman–Crippen MR) is 53.0 cm³/mol. The van der Waals surface area contributed by atoms with Crippen molar-refractivity contribution < 1.29 is 0 Å². The summed E-state index contributed by atoms with van der Waals surface area (Å²) in [6.45, 7) is 8.13. The molecule has 0 aromatic heterocycles. The molecule has 64 valence electrons. The lowest BCUT2D eigenvalue weighted by Gasteiger charge is -2.27. The quantitative estimate of drug-likeness (QED) is 0.473. The highest BCUT2D eigenvalue weighted by molar-refractivity contribution is 5.32. The van der Waals surface area contributed by atoms with Crippen LogP contribution in [-0.4, -0.2) is 0 Å². The second-order valence-electron chi connectivity index (χ2n) is 4.06. The summed E-state index contributed by atoms with van der Waals surface area (Å²) < 4.78 is 0. The molecule has 0 bridgehead atoms. The van der Waals surface area contributed by atoms with E-state index in [0.29, 0.717) is 0 Å². The van der Waals surface area contributed by atoms with Gasteiger partial charge in [-0.2, -0.15) is 0 Å². The van der Waals surface area contributed by atoms with Gasteiger partial charge in [0.1, 0.15) is 0 Å². The minimum absolute atomic E-state index is 1.16. The van der Waals surface area contributed by atoms with Gasteiger partial charge in [-0.1, -0.05) is 35.5 Å². The predicted octanol–water partition coefficient (Wildman–Crippen LogP) is 3.76. The zero-order valence-electron chi connectivity index (χ0n) is 7.66. The lowest BCUT2D eigenvalue weighted by atomic mass is 9.79. The highest BCUT2D eigenvalue weighted by Crippen LogP contribution is 2.38. The first-order chi connectivity index (χ1) is 5.75. The van der Waals surface area contributed by atoms with Gasteiger partial charge in [-0.25, -0.2) is 0 Å². The van der Waals surface area contributed by atoms with Crippen molar-refractivity contribution in [2.75, 3.05) is 0 Å². The fourth-order valence-corrected chi connectivity index (χ4v) is 2.23. The molecule has 0 amide bonds. The van der Waals surface area contributed by atoms with E-state index in [4.69, 9.17) is 0 Å². The maximum atomic E-state index is 4.07. The standard InChI is InChI=1S/C12H16/c1-9-3-5-11-6-4-10(2)8-12(11)7-9/h1-8H2. The van der Waals surface area contributed by atoms with E-state index in [1.165, 1.54) is 36.8 Å². The molecule has 2 aliphatic rings. The summed E-state index contributed by atoms with van der Waals surface area (Å²) in [6, 6.07) is 0. The lowest BCUT2D eigenvalue weighted by Crippen LogP contribution is -2.07. The van der Waals surface area contributed by atoms with E-state index in [0.717, 1.165) is 12.8 Å². The maximum Gasteiger partial charge on any atom is -0.0105 e. The summed E-state index contributed by atoms with van der Waals surface area (Å²) in [5, 5.41) is 0. The summed E-state index contributed by atoms with van der Waals surface area (Å²) in [6.07, 6.45) is 7.34. The van der Waals surface area contributed by atoms with Gasteiger partial charge in [-0.15, -0.1) is 0 Å². The summed E-state index contributed by atoms with van der Waals surface area (Å²) in [5.74, 6) is 0. The molecule has 2 rings (SSSR count). The van der Waals surface area contributed by atoms with E-state index in [-0.39, 0.29) is 0 Å². The van der Waals surface area contributed by atoms with E-state index < -0.39 is 0 Å². The van der Waals surface area contributed by atoms with Gasteiger partial charge < -0.3 is 0 Å². The average molecular weight is 160 g/mol. The van der Waals surface area contributed by atoms with Crippen LogP contribution in [0, 0.1) is 0 Å². The molecule has 0 fully saturated rings. The Kier molecular flexibility index (Phi) is 1.92. The Morgan fingerprint density at radius 2 is 1.17 bits per heavy atom. The molecule has 0 nitrogen and oxygen atoms in total. The molecule has 0 unspecified atom stereocenters. The van der Waals surface area contributed by atoms with Crippen LogP contribution in [0.2, 0.25) is 0 Å². The van der Waals surface area contributed by atoms with Gasteiger partial charge in [0.25, 0.3) is 0 Å². The summed E-state index contributed by atoms with van der Waals surface area (Å²) >= 11 is 0. The molecule has 0 heteroatoms. The molecular formula is C12H16. The molecule has 0 radical (unpaired) electrons. The fourth-order valence-electron chi connectivity index (χ4n) is 2.23. The van der Waals surface area contributed by atoms with Crippen LogP contribution < -0.4 is 0 Å². The van der Waals surface area contributed by atoms with Crippen LogP contribution in [-0.2, 0) is 0 Å². The third-order valence-electron chi connectivity index (χ3n) is 2.99. The number of allylic oxidation sites excluding steroid dienone is 4. The molecule has 0 spiro atoms. The van der Waals surface area contributed by atoms with Crippen molar-refractivity contribution in [1.29, 1.82) is 0 Å². The van der Waals surface area contributed by atoms with Crippen molar-refractivity contribution >= 4 is 0 Å². The van der Waals surface area contributed by atoms with Gasteiger partial charge in [-0.3, -0.25) is 0 Å². The molecule has 0 N–H and O–H groups in total. The molecule has 0 aromatic rings. The minimum atomic E-state index is 1.16. The van der Waals surface area contributed by atoms with E-state index >= 15 is 0 Å². The third-order valence-corrected chi connectivity index (χ3v) is 2.99. The summed E-state index contributed by atoms with van der Waals surface area (Å²) in [7, 11) is 0. The van der Waals surface area contributed by atoms with Crippen molar-refractivity contribution in [2.45, 2.75) is 38.5 Å². The van der Waals surface area contributed by atoms with Crippen LogP contribution in [0.25, 0.3) is 0 Å². The van der Waals surface area contributed by atoms with Gasteiger partial charge in [0.2, 0.25) is 0 Å². The monoisotopic (exact) mass is 160 g/mol. The fraction of sp³-hybridized carbons (Fsp3) is 0.500. The van der Waals surface area contributed by atoms with Crippen molar-refractivity contribution in [3.63, 3.8) is 0 Å². The second kappa shape index (κ2) is 2.93. The zero-order chi connectivity index (χ0) is 8.55. The van der Waals surface area contributed by atoms with Gasteiger partial charge in [-0.05, 0) is 38.5 Å². The van der Waals surface area contributed by atoms with Crippen LogP contribution in [0.15, 0.2) is 35.5 Å². The molecule has 0 aromatic carbocycles. The summed E-state index contributed by atoms with van der Waals surface area (Å²) in [4.78, 5) is 0. The SMILES string of the molecule is C=C1CCC2=C(C1)CC(=C)CC2. The van der Waals surface area contributed by atoms with Crippen LogP contribution >= 0.6 is 0 Å². The first kappa shape index (κ1) is 7.85. The second-order valence-corrected chi connectivity index (χ2v) is 4.06. The van der Waals surface area contributed by atoms with E-state index in [1.54, 1.807) is 11.1 Å². The largest absolute Gasteiger partial charge is 0.0995 e. The minimum Gasteiger partial charge on any atom is -0.0995 e. The van der Waals surface area contributed by atoms with Crippen molar-refractivity contribution in [3.8, 4) is 0 Å². The Morgan fingerprint density at radius 3 is 1.67 bits per heavy atom. The highest BCUT2D eigenvalue weighted by Gasteiger charge is 2.19. The van der Waals surface area contributed by atoms with Gasteiger partial charge in [0.05, 0.1) is 0 Å². The highest BCUT2D eigenvalue weighted by atomic mass is 14.2. The molecular weight excluding hydrogens is 144 g/mol. The Hall–Kier alpha value is -0.780. The Labute approximate surface area is 74.7 Å². The molecule has 2 aliphatic carbocycles. The maximum absolute atomic E-state index is 4.07. The van der Waals surface area contributed by atoms with Crippen LogP contribution in [0.1, 0.15) is 38.5 Å². The molecule has 0 saturated carbocycles. The van der Waals surface area contributed by atoms with Crippen molar-refractivity contribution in [3.05, 3.63) is 35.5 Å². The number of hydrogen-bond donors (Lipinski definition) is 0. The topological polar surface area (TPSA) is 0 Å². The molecule has 0 saturated heterocycles. The smallest absolute Gasteiger partial charge is 0.0105 e. The van der Waals surface area contributed by atoms with Crippen molar-refractivity contribution in [1.82, 2.24) is 0 Å². The van der Waals surface area contributed by atoms with Crippen LogP contribution in [0.3, 0.4) is 0 Å². The number of hydrogen-bond acceptors (Lipinski definition) is 0. The Bertz CT molecular complexity index is 240. The van der Waals surface area contributed by atoms with Gasteiger partial charge in [0.15, 0.2) is 0 Å². The van der Waals surface area contributed by atoms with E-state index in [1.807, 2.05) is 0 Å². The van der Waals surface area contributed by atoms with E-state index in [9.17, 15) is 0 Å². The third kappa shape index (κ3) is 1.38. The molecule has 0 aliphatic heterocycles. The average Bonchev–Trinajstić information content (AvgIpc) is 2.03. The van der Waals surface area contributed by atoms with Crippen molar-refractivity contribution in [2.24, 2.45) is 0 Å². The van der Waals surface area contributed by atoms with Crippen LogP contribution in [0.5, 0.6) is 0 Å². The normalized spacial score (nSPS) is 24.3. The first-order valence-electron chi connectivity index (χ1n) is 4.79. The Balaban J connectivity index is 2.22. The molecule has 0 atom stereocenters. The zero-order valence-corrected chi connectivity index (χ0v) is 7.66. The molecule has 12 heavy (non-hydrogen) atoms.